The average molecular weight is 217 g/mol. The second kappa shape index (κ2) is 5.58. The van der Waals surface area contributed by atoms with E-state index in [-0.39, 0.29) is 5.54 Å². The van der Waals surface area contributed by atoms with Crippen molar-refractivity contribution in [1.29, 1.82) is 0 Å². The van der Waals surface area contributed by atoms with Crippen LogP contribution in [0.2, 0.25) is 0 Å². The molecule has 0 spiro atoms. The average Bonchev–Trinajstić information content (AvgIpc) is 2.36. The topological polar surface area (TPSA) is 35.2 Å². The molecule has 0 saturated heterocycles. The minimum absolute atomic E-state index is 0.372. The Hall–Kier alpha value is -1.46. The molecule has 0 fully saturated rings. The third kappa shape index (κ3) is 3.29. The lowest BCUT2D eigenvalue weighted by Crippen LogP contribution is -2.36. The number of hydrogen-bond donors (Lipinski definition) is 1. The molecule has 2 heteroatoms. The van der Waals surface area contributed by atoms with Gasteiger partial charge in [0, 0.05) is 5.56 Å². The van der Waals surface area contributed by atoms with Gasteiger partial charge in [0.15, 0.2) is 0 Å². The van der Waals surface area contributed by atoms with Crippen LogP contribution < -0.4 is 10.5 Å². The summed E-state index contributed by atoms with van der Waals surface area (Å²) >= 11 is 0. The summed E-state index contributed by atoms with van der Waals surface area (Å²) in [5.41, 5.74) is 6.68. The van der Waals surface area contributed by atoms with Crippen molar-refractivity contribution in [2.45, 2.75) is 32.2 Å². The summed E-state index contributed by atoms with van der Waals surface area (Å²) in [4.78, 5) is 0. The largest absolute Gasteiger partial charge is 0.497 e. The molecule has 0 radical (unpaired) electrons. The van der Waals surface area contributed by atoms with Gasteiger partial charge in [0.25, 0.3) is 0 Å². The van der Waals surface area contributed by atoms with Crippen LogP contribution in [-0.2, 0) is 0 Å². The van der Waals surface area contributed by atoms with Gasteiger partial charge in [0.1, 0.15) is 5.75 Å². The standard InChI is InChI=1S/C14H19NO/c1-4-14(15,5-2)10-9-12-7-6-8-13(11-12)16-3/h6-8,11H,4-5,15H2,1-3H3. The molecule has 86 valence electrons. The van der Waals surface area contributed by atoms with E-state index in [1.807, 2.05) is 24.3 Å². The molecule has 0 heterocycles. The maximum absolute atomic E-state index is 6.11. The first-order valence-corrected chi connectivity index (χ1v) is 5.59. The normalized spacial score (nSPS) is 10.5. The molecule has 2 N–H and O–H groups in total. The Morgan fingerprint density at radius 1 is 1.31 bits per heavy atom. The summed E-state index contributed by atoms with van der Waals surface area (Å²) < 4.78 is 5.14. The van der Waals surface area contributed by atoms with Crippen molar-refractivity contribution >= 4 is 0 Å². The van der Waals surface area contributed by atoms with Gasteiger partial charge in [-0.3, -0.25) is 0 Å². The first-order chi connectivity index (χ1) is 7.63. The Morgan fingerprint density at radius 2 is 2.00 bits per heavy atom. The van der Waals surface area contributed by atoms with Gasteiger partial charge < -0.3 is 10.5 Å². The predicted molar refractivity (Wildman–Crippen MR) is 67.4 cm³/mol. The quantitative estimate of drug-likeness (QED) is 0.790. The molecule has 0 atom stereocenters. The van der Waals surface area contributed by atoms with Crippen LogP contribution in [0.1, 0.15) is 32.3 Å². The second-order valence-electron chi connectivity index (χ2n) is 3.85. The molecule has 0 aliphatic rings. The molecular weight excluding hydrogens is 198 g/mol. The van der Waals surface area contributed by atoms with Crippen molar-refractivity contribution in [2.24, 2.45) is 5.73 Å². The third-order valence-electron chi connectivity index (χ3n) is 2.79. The zero-order valence-electron chi connectivity index (χ0n) is 10.2. The zero-order valence-corrected chi connectivity index (χ0v) is 10.2. The van der Waals surface area contributed by atoms with Crippen molar-refractivity contribution in [3.05, 3.63) is 29.8 Å². The van der Waals surface area contributed by atoms with Crippen LogP contribution in [0, 0.1) is 11.8 Å². The Morgan fingerprint density at radius 3 is 2.56 bits per heavy atom. The lowest BCUT2D eigenvalue weighted by molar-refractivity contribution is 0.414. The number of rotatable bonds is 3. The molecule has 0 aromatic heterocycles. The maximum atomic E-state index is 6.11. The van der Waals surface area contributed by atoms with E-state index in [0.29, 0.717) is 0 Å². The number of benzene rings is 1. The molecular formula is C14H19NO. The molecule has 1 aromatic rings. The first kappa shape index (κ1) is 12.6. The number of hydrogen-bond acceptors (Lipinski definition) is 2. The van der Waals surface area contributed by atoms with Gasteiger partial charge in [-0.15, -0.1) is 0 Å². The van der Waals surface area contributed by atoms with Crippen molar-refractivity contribution < 1.29 is 4.74 Å². The molecule has 0 bridgehead atoms. The fourth-order valence-corrected chi connectivity index (χ4v) is 1.32. The van der Waals surface area contributed by atoms with Crippen molar-refractivity contribution in [1.82, 2.24) is 0 Å². The second-order valence-corrected chi connectivity index (χ2v) is 3.85. The highest BCUT2D eigenvalue weighted by atomic mass is 16.5. The lowest BCUT2D eigenvalue weighted by atomic mass is 9.95. The van der Waals surface area contributed by atoms with Crippen LogP contribution >= 0.6 is 0 Å². The van der Waals surface area contributed by atoms with Crippen LogP contribution in [0.4, 0.5) is 0 Å². The third-order valence-corrected chi connectivity index (χ3v) is 2.79. The summed E-state index contributed by atoms with van der Waals surface area (Å²) in [5.74, 6) is 7.06. The van der Waals surface area contributed by atoms with Crippen molar-refractivity contribution in [2.75, 3.05) is 7.11 Å². The number of nitrogens with two attached hydrogens (primary N) is 1. The molecule has 16 heavy (non-hydrogen) atoms. The smallest absolute Gasteiger partial charge is 0.120 e. The van der Waals surface area contributed by atoms with Gasteiger partial charge in [0.05, 0.1) is 12.6 Å². The highest BCUT2D eigenvalue weighted by Gasteiger charge is 2.15. The van der Waals surface area contributed by atoms with Crippen LogP contribution in [0.3, 0.4) is 0 Å². The zero-order chi connectivity index (χ0) is 12.0. The van der Waals surface area contributed by atoms with E-state index in [4.69, 9.17) is 10.5 Å². The van der Waals surface area contributed by atoms with E-state index in [1.54, 1.807) is 7.11 Å². The lowest BCUT2D eigenvalue weighted by Gasteiger charge is -2.18. The Bertz CT molecular complexity index is 397. The fraction of sp³-hybridized carbons (Fsp3) is 0.429. The minimum Gasteiger partial charge on any atom is -0.497 e. The SMILES string of the molecule is CCC(N)(C#Cc1cccc(OC)c1)CC. The van der Waals surface area contributed by atoms with Crippen molar-refractivity contribution in [3.8, 4) is 17.6 Å². The first-order valence-electron chi connectivity index (χ1n) is 5.59. The van der Waals surface area contributed by atoms with E-state index in [2.05, 4.69) is 25.7 Å². The van der Waals surface area contributed by atoms with Gasteiger partial charge >= 0.3 is 0 Å². The predicted octanol–water partition coefficient (Wildman–Crippen LogP) is 2.56. The molecule has 0 amide bonds. The van der Waals surface area contributed by atoms with E-state index < -0.39 is 0 Å². The monoisotopic (exact) mass is 217 g/mol. The number of ether oxygens (including phenoxy) is 1. The summed E-state index contributed by atoms with van der Waals surface area (Å²) in [6, 6.07) is 7.71. The van der Waals surface area contributed by atoms with Gasteiger partial charge in [-0.1, -0.05) is 31.8 Å². The molecule has 0 unspecified atom stereocenters. The van der Waals surface area contributed by atoms with Crippen LogP contribution in [0.25, 0.3) is 0 Å². The van der Waals surface area contributed by atoms with Crippen LogP contribution in [-0.4, -0.2) is 12.6 Å². The number of methoxy groups -OCH3 is 1. The minimum atomic E-state index is -0.372. The molecule has 1 rings (SSSR count). The van der Waals surface area contributed by atoms with Gasteiger partial charge in [-0.2, -0.15) is 0 Å². The van der Waals surface area contributed by atoms with Crippen LogP contribution in [0.5, 0.6) is 5.75 Å². The summed E-state index contributed by atoms with van der Waals surface area (Å²) in [6.07, 6.45) is 1.72. The highest BCUT2D eigenvalue weighted by Crippen LogP contribution is 2.13. The van der Waals surface area contributed by atoms with E-state index in [9.17, 15) is 0 Å². The molecule has 0 saturated carbocycles. The molecule has 1 aromatic carbocycles. The summed E-state index contributed by atoms with van der Waals surface area (Å²) in [6.45, 7) is 4.12. The van der Waals surface area contributed by atoms with E-state index in [0.717, 1.165) is 24.2 Å². The Kier molecular flexibility index (Phi) is 4.39. The van der Waals surface area contributed by atoms with Gasteiger partial charge in [0.2, 0.25) is 0 Å². The summed E-state index contributed by atoms with van der Waals surface area (Å²) in [5, 5.41) is 0. The highest BCUT2D eigenvalue weighted by molar-refractivity contribution is 5.41. The van der Waals surface area contributed by atoms with Crippen molar-refractivity contribution in [3.63, 3.8) is 0 Å². The Balaban J connectivity index is 2.91. The Labute approximate surface area is 97.8 Å². The maximum Gasteiger partial charge on any atom is 0.120 e. The van der Waals surface area contributed by atoms with Gasteiger partial charge in [-0.25, -0.2) is 0 Å². The van der Waals surface area contributed by atoms with E-state index >= 15 is 0 Å². The molecule has 0 aliphatic heterocycles. The van der Waals surface area contributed by atoms with E-state index in [1.165, 1.54) is 0 Å². The van der Waals surface area contributed by atoms with Gasteiger partial charge in [-0.05, 0) is 31.0 Å². The summed E-state index contributed by atoms with van der Waals surface area (Å²) in [7, 11) is 1.65. The molecule has 2 nitrogen and oxygen atoms in total. The fourth-order valence-electron chi connectivity index (χ4n) is 1.32. The van der Waals surface area contributed by atoms with Crippen LogP contribution in [0.15, 0.2) is 24.3 Å². The molecule has 0 aliphatic carbocycles.